The van der Waals surface area contributed by atoms with Crippen LogP contribution in [0.3, 0.4) is 0 Å². The van der Waals surface area contributed by atoms with E-state index < -0.39 is 0 Å². The molecule has 1 aliphatic carbocycles. The Morgan fingerprint density at radius 3 is 2.74 bits per heavy atom. The topological polar surface area (TPSA) is 21.3 Å². The lowest BCUT2D eigenvalue weighted by Gasteiger charge is -2.54. The highest BCUT2D eigenvalue weighted by Gasteiger charge is 2.51. The van der Waals surface area contributed by atoms with Crippen LogP contribution in [0.2, 0.25) is 0 Å². The van der Waals surface area contributed by atoms with E-state index in [1.165, 1.54) is 0 Å². The minimum absolute atomic E-state index is 0.136. The standard InChI is InChI=1S/C16H24FNO/c1-5-16(4)14(10-15(16)19-6-2)18-12-8-7-11(3)13(17)9-12/h7-9,14-15,18H,5-6,10H2,1-4H3. The quantitative estimate of drug-likeness (QED) is 0.864. The Kier molecular flexibility index (Phi) is 4.14. The normalized spacial score (nSPS) is 29.9. The number of anilines is 1. The molecular formula is C16H24FNO. The monoisotopic (exact) mass is 265 g/mol. The van der Waals surface area contributed by atoms with E-state index in [9.17, 15) is 4.39 Å². The van der Waals surface area contributed by atoms with Gasteiger partial charge in [0.15, 0.2) is 0 Å². The van der Waals surface area contributed by atoms with Crippen LogP contribution in [0.1, 0.15) is 39.2 Å². The van der Waals surface area contributed by atoms with Crippen LogP contribution in [-0.4, -0.2) is 18.8 Å². The molecule has 19 heavy (non-hydrogen) atoms. The fourth-order valence-corrected chi connectivity index (χ4v) is 2.86. The Hall–Kier alpha value is -1.09. The summed E-state index contributed by atoms with van der Waals surface area (Å²) in [4.78, 5) is 0. The molecule has 3 unspecified atom stereocenters. The van der Waals surface area contributed by atoms with Gasteiger partial charge < -0.3 is 10.1 Å². The van der Waals surface area contributed by atoms with Gasteiger partial charge in [-0.15, -0.1) is 0 Å². The van der Waals surface area contributed by atoms with Crippen LogP contribution >= 0.6 is 0 Å². The zero-order valence-corrected chi connectivity index (χ0v) is 12.3. The van der Waals surface area contributed by atoms with Crippen molar-refractivity contribution < 1.29 is 9.13 Å². The highest BCUT2D eigenvalue weighted by Crippen LogP contribution is 2.47. The minimum atomic E-state index is -0.149. The highest BCUT2D eigenvalue weighted by atomic mass is 19.1. The van der Waals surface area contributed by atoms with E-state index in [1.807, 2.05) is 19.1 Å². The van der Waals surface area contributed by atoms with Crippen LogP contribution in [0.4, 0.5) is 10.1 Å². The maximum absolute atomic E-state index is 13.6. The molecule has 1 fully saturated rings. The molecule has 0 radical (unpaired) electrons. The van der Waals surface area contributed by atoms with Gasteiger partial charge in [0.05, 0.1) is 6.10 Å². The summed E-state index contributed by atoms with van der Waals surface area (Å²) >= 11 is 0. The van der Waals surface area contributed by atoms with Crippen molar-refractivity contribution in [3.63, 3.8) is 0 Å². The molecule has 0 bridgehead atoms. The van der Waals surface area contributed by atoms with Crippen LogP contribution < -0.4 is 5.32 Å². The van der Waals surface area contributed by atoms with E-state index in [0.717, 1.165) is 25.1 Å². The number of ether oxygens (including phenoxy) is 1. The summed E-state index contributed by atoms with van der Waals surface area (Å²) in [6.07, 6.45) is 2.37. The van der Waals surface area contributed by atoms with Gasteiger partial charge in [0.1, 0.15) is 5.82 Å². The first-order valence-electron chi connectivity index (χ1n) is 7.15. The molecule has 1 N–H and O–H groups in total. The summed E-state index contributed by atoms with van der Waals surface area (Å²) in [5.74, 6) is -0.149. The number of aryl methyl sites for hydroxylation is 1. The largest absolute Gasteiger partial charge is 0.381 e. The molecule has 0 amide bonds. The molecule has 0 heterocycles. The number of hydrogen-bond acceptors (Lipinski definition) is 2. The van der Waals surface area contributed by atoms with E-state index in [-0.39, 0.29) is 11.2 Å². The smallest absolute Gasteiger partial charge is 0.128 e. The van der Waals surface area contributed by atoms with Gasteiger partial charge in [-0.05, 0) is 44.4 Å². The molecule has 106 valence electrons. The molecule has 0 saturated heterocycles. The van der Waals surface area contributed by atoms with Crippen molar-refractivity contribution in [3.8, 4) is 0 Å². The average molecular weight is 265 g/mol. The molecule has 3 heteroatoms. The molecule has 1 aliphatic rings. The van der Waals surface area contributed by atoms with E-state index in [2.05, 4.69) is 19.2 Å². The van der Waals surface area contributed by atoms with Crippen molar-refractivity contribution >= 4 is 5.69 Å². The first-order chi connectivity index (χ1) is 9.01. The third-order valence-corrected chi connectivity index (χ3v) is 4.62. The third kappa shape index (κ3) is 2.62. The van der Waals surface area contributed by atoms with Gasteiger partial charge in [-0.2, -0.15) is 0 Å². The second-order valence-electron chi connectivity index (χ2n) is 5.70. The van der Waals surface area contributed by atoms with Crippen LogP contribution in [0, 0.1) is 18.2 Å². The number of rotatable bonds is 5. The average Bonchev–Trinajstić information content (AvgIpc) is 2.40. The van der Waals surface area contributed by atoms with Gasteiger partial charge in [-0.3, -0.25) is 0 Å². The fraction of sp³-hybridized carbons (Fsp3) is 0.625. The minimum Gasteiger partial charge on any atom is -0.381 e. The number of hydrogen-bond donors (Lipinski definition) is 1. The predicted octanol–water partition coefficient (Wildman–Crippen LogP) is 4.14. The van der Waals surface area contributed by atoms with Gasteiger partial charge in [-0.1, -0.05) is 19.9 Å². The Balaban J connectivity index is 2.05. The lowest BCUT2D eigenvalue weighted by molar-refractivity contribution is -0.109. The highest BCUT2D eigenvalue weighted by molar-refractivity contribution is 5.47. The summed E-state index contributed by atoms with van der Waals surface area (Å²) < 4.78 is 19.3. The maximum atomic E-state index is 13.6. The Labute approximate surface area is 115 Å². The molecule has 1 aromatic carbocycles. The fourth-order valence-electron chi connectivity index (χ4n) is 2.86. The van der Waals surface area contributed by atoms with E-state index in [1.54, 1.807) is 13.0 Å². The molecule has 1 saturated carbocycles. The predicted molar refractivity (Wildman–Crippen MR) is 77.0 cm³/mol. The zero-order valence-electron chi connectivity index (χ0n) is 12.3. The third-order valence-electron chi connectivity index (χ3n) is 4.62. The SMILES string of the molecule is CCOC1CC(Nc2ccc(C)c(F)c2)C1(C)CC. The van der Waals surface area contributed by atoms with E-state index in [0.29, 0.717) is 17.7 Å². The van der Waals surface area contributed by atoms with Crippen molar-refractivity contribution in [2.75, 3.05) is 11.9 Å². The molecule has 3 atom stereocenters. The van der Waals surface area contributed by atoms with Gasteiger partial charge >= 0.3 is 0 Å². The molecule has 0 spiro atoms. The van der Waals surface area contributed by atoms with Gasteiger partial charge in [0, 0.05) is 23.8 Å². The second kappa shape index (κ2) is 5.49. The maximum Gasteiger partial charge on any atom is 0.128 e. The molecule has 1 aromatic rings. The first kappa shape index (κ1) is 14.3. The van der Waals surface area contributed by atoms with Gasteiger partial charge in [0.25, 0.3) is 0 Å². The number of halogens is 1. The van der Waals surface area contributed by atoms with Gasteiger partial charge in [-0.25, -0.2) is 4.39 Å². The number of nitrogens with one attached hydrogen (secondary N) is 1. The van der Waals surface area contributed by atoms with Crippen molar-refractivity contribution in [1.29, 1.82) is 0 Å². The van der Waals surface area contributed by atoms with Crippen molar-refractivity contribution in [2.45, 2.75) is 52.7 Å². The van der Waals surface area contributed by atoms with Crippen LogP contribution in [0.15, 0.2) is 18.2 Å². The summed E-state index contributed by atoms with van der Waals surface area (Å²) in [6, 6.07) is 5.71. The molecule has 2 rings (SSSR count). The molecule has 0 aromatic heterocycles. The summed E-state index contributed by atoms with van der Waals surface area (Å²) in [7, 11) is 0. The van der Waals surface area contributed by atoms with Crippen LogP contribution in [-0.2, 0) is 4.74 Å². The second-order valence-corrected chi connectivity index (χ2v) is 5.70. The van der Waals surface area contributed by atoms with Crippen LogP contribution in [0.25, 0.3) is 0 Å². The molecular weight excluding hydrogens is 241 g/mol. The lowest BCUT2D eigenvalue weighted by Crippen LogP contribution is -2.59. The van der Waals surface area contributed by atoms with E-state index in [4.69, 9.17) is 4.74 Å². The van der Waals surface area contributed by atoms with Crippen molar-refractivity contribution in [2.24, 2.45) is 5.41 Å². The van der Waals surface area contributed by atoms with Crippen LogP contribution in [0.5, 0.6) is 0 Å². The molecule has 2 nitrogen and oxygen atoms in total. The zero-order chi connectivity index (χ0) is 14.0. The summed E-state index contributed by atoms with van der Waals surface area (Å²) in [6.45, 7) is 9.01. The van der Waals surface area contributed by atoms with Crippen molar-refractivity contribution in [1.82, 2.24) is 0 Å². The first-order valence-corrected chi connectivity index (χ1v) is 7.15. The Morgan fingerprint density at radius 2 is 2.16 bits per heavy atom. The molecule has 0 aliphatic heterocycles. The summed E-state index contributed by atoms with van der Waals surface area (Å²) in [5.41, 5.74) is 1.68. The van der Waals surface area contributed by atoms with E-state index >= 15 is 0 Å². The lowest BCUT2D eigenvalue weighted by atomic mass is 9.61. The Bertz CT molecular complexity index is 448. The van der Waals surface area contributed by atoms with Gasteiger partial charge in [0.2, 0.25) is 0 Å². The Morgan fingerprint density at radius 1 is 1.42 bits per heavy atom. The number of benzene rings is 1. The summed E-state index contributed by atoms with van der Waals surface area (Å²) in [5, 5.41) is 3.46. The van der Waals surface area contributed by atoms with Crippen molar-refractivity contribution in [3.05, 3.63) is 29.6 Å².